The predicted molar refractivity (Wildman–Crippen MR) is 111 cm³/mol. The second-order valence-electron chi connectivity index (χ2n) is 7.13. The Morgan fingerprint density at radius 1 is 1.00 bits per heavy atom. The van der Waals surface area contributed by atoms with Crippen LogP contribution in [0.4, 0.5) is 5.69 Å². The molecule has 1 aliphatic rings. The van der Waals surface area contributed by atoms with Crippen LogP contribution in [-0.4, -0.2) is 30.7 Å². The molecule has 0 spiro atoms. The van der Waals surface area contributed by atoms with Crippen molar-refractivity contribution in [3.05, 3.63) is 30.3 Å². The predicted octanol–water partition coefficient (Wildman–Crippen LogP) is 5.31. The Balaban J connectivity index is 0.000000314. The Kier molecular flexibility index (Phi) is 13.6. The molecule has 4 nitrogen and oxygen atoms in total. The van der Waals surface area contributed by atoms with E-state index in [-0.39, 0.29) is 5.92 Å². The molecule has 1 heterocycles. The molecule has 0 bridgehead atoms. The van der Waals surface area contributed by atoms with Crippen LogP contribution in [-0.2, 0) is 4.79 Å². The molecular formula is C22H38N2O2. The number of carboxylic acid groups (broad SMARTS) is 1. The summed E-state index contributed by atoms with van der Waals surface area (Å²) in [6, 6.07) is 10.5. The van der Waals surface area contributed by atoms with Gasteiger partial charge in [0.25, 0.3) is 0 Å². The zero-order valence-electron chi connectivity index (χ0n) is 16.5. The van der Waals surface area contributed by atoms with Crippen molar-refractivity contribution in [2.45, 2.75) is 71.1 Å². The second-order valence-corrected chi connectivity index (χ2v) is 7.13. The van der Waals surface area contributed by atoms with E-state index in [9.17, 15) is 4.79 Å². The van der Waals surface area contributed by atoms with Gasteiger partial charge in [0.15, 0.2) is 0 Å². The molecule has 1 saturated heterocycles. The average Bonchev–Trinajstić information content (AvgIpc) is 2.69. The fourth-order valence-electron chi connectivity index (χ4n) is 3.12. The Morgan fingerprint density at radius 3 is 2.12 bits per heavy atom. The van der Waals surface area contributed by atoms with Crippen LogP contribution in [0.5, 0.6) is 0 Å². The average molecular weight is 363 g/mol. The molecule has 0 unspecified atom stereocenters. The van der Waals surface area contributed by atoms with Gasteiger partial charge < -0.3 is 15.7 Å². The number of unbranched alkanes of at least 4 members (excludes halogenated alkanes) is 7. The van der Waals surface area contributed by atoms with Crippen molar-refractivity contribution in [3.63, 3.8) is 0 Å². The van der Waals surface area contributed by atoms with E-state index in [0.29, 0.717) is 0 Å². The van der Waals surface area contributed by atoms with Crippen molar-refractivity contribution < 1.29 is 9.90 Å². The summed E-state index contributed by atoms with van der Waals surface area (Å²) in [4.78, 5) is 10.3. The van der Waals surface area contributed by atoms with Gasteiger partial charge in [-0.1, -0.05) is 70.1 Å². The van der Waals surface area contributed by atoms with Crippen molar-refractivity contribution in [3.8, 4) is 0 Å². The number of carbonyl (C=O) groups is 1. The lowest BCUT2D eigenvalue weighted by atomic mass is 9.99. The van der Waals surface area contributed by atoms with Gasteiger partial charge >= 0.3 is 5.97 Å². The standard InChI is InChI=1S/C16H27N.C6H11NO2/c1-2-3-4-5-6-7-8-12-15-17-16-13-10-9-11-14-16;8-6(9)5-1-3-7-4-2-5/h9-11,13-14,17H,2-8,12,15H2,1H3;5,7H,1-4H2,(H,8,9). The van der Waals surface area contributed by atoms with E-state index in [4.69, 9.17) is 5.11 Å². The molecule has 2 rings (SSSR count). The summed E-state index contributed by atoms with van der Waals surface area (Å²) in [6.07, 6.45) is 12.7. The number of para-hydroxylation sites is 1. The molecule has 0 saturated carbocycles. The molecule has 1 fully saturated rings. The van der Waals surface area contributed by atoms with Gasteiger partial charge in [-0.2, -0.15) is 0 Å². The maximum absolute atomic E-state index is 10.3. The third-order valence-corrected chi connectivity index (χ3v) is 4.82. The fraction of sp³-hybridized carbons (Fsp3) is 0.682. The second kappa shape index (κ2) is 15.7. The van der Waals surface area contributed by atoms with Gasteiger partial charge in [0.2, 0.25) is 0 Å². The molecule has 148 valence electrons. The Bertz CT molecular complexity index is 445. The number of hydrogen-bond donors (Lipinski definition) is 3. The first-order valence-corrected chi connectivity index (χ1v) is 10.5. The zero-order chi connectivity index (χ0) is 18.9. The van der Waals surface area contributed by atoms with Crippen LogP contribution in [0.3, 0.4) is 0 Å². The Hall–Kier alpha value is -1.55. The van der Waals surface area contributed by atoms with E-state index in [1.54, 1.807) is 0 Å². The van der Waals surface area contributed by atoms with E-state index in [1.165, 1.54) is 57.1 Å². The third kappa shape index (κ3) is 11.9. The highest BCUT2D eigenvalue weighted by molar-refractivity contribution is 5.70. The molecule has 0 amide bonds. The molecule has 0 aromatic heterocycles. The summed E-state index contributed by atoms with van der Waals surface area (Å²) in [5.41, 5.74) is 1.25. The molecular weight excluding hydrogens is 324 g/mol. The van der Waals surface area contributed by atoms with E-state index < -0.39 is 5.97 Å². The number of aliphatic carboxylic acids is 1. The quantitative estimate of drug-likeness (QED) is 0.467. The van der Waals surface area contributed by atoms with E-state index in [0.717, 1.165) is 32.5 Å². The first kappa shape index (κ1) is 22.5. The first-order chi connectivity index (χ1) is 12.7. The minimum absolute atomic E-state index is 0.0914. The van der Waals surface area contributed by atoms with Crippen LogP contribution in [0.1, 0.15) is 71.1 Å². The van der Waals surface area contributed by atoms with Gasteiger partial charge in [0.1, 0.15) is 0 Å². The third-order valence-electron chi connectivity index (χ3n) is 4.82. The van der Waals surface area contributed by atoms with Crippen LogP contribution < -0.4 is 10.6 Å². The van der Waals surface area contributed by atoms with E-state index in [2.05, 4.69) is 47.9 Å². The van der Waals surface area contributed by atoms with Gasteiger partial charge in [-0.25, -0.2) is 0 Å². The van der Waals surface area contributed by atoms with Gasteiger partial charge in [0.05, 0.1) is 5.92 Å². The highest BCUT2D eigenvalue weighted by Crippen LogP contribution is 2.11. The Labute approximate surface area is 159 Å². The highest BCUT2D eigenvalue weighted by Gasteiger charge is 2.19. The van der Waals surface area contributed by atoms with Gasteiger partial charge in [-0.15, -0.1) is 0 Å². The minimum atomic E-state index is -0.642. The summed E-state index contributed by atoms with van der Waals surface area (Å²) >= 11 is 0. The molecule has 0 atom stereocenters. The number of benzene rings is 1. The van der Waals surface area contributed by atoms with Crippen molar-refractivity contribution in [2.24, 2.45) is 5.92 Å². The number of carboxylic acids is 1. The van der Waals surface area contributed by atoms with Crippen molar-refractivity contribution in [1.29, 1.82) is 0 Å². The largest absolute Gasteiger partial charge is 0.481 e. The topological polar surface area (TPSA) is 61.4 Å². The number of nitrogens with one attached hydrogen (secondary N) is 2. The minimum Gasteiger partial charge on any atom is -0.481 e. The number of rotatable bonds is 11. The summed E-state index contributed by atoms with van der Waals surface area (Å²) in [5.74, 6) is -0.734. The number of piperidine rings is 1. The normalized spacial score (nSPS) is 14.3. The monoisotopic (exact) mass is 362 g/mol. The zero-order valence-corrected chi connectivity index (χ0v) is 16.5. The lowest BCUT2D eigenvalue weighted by Crippen LogP contribution is -2.31. The summed E-state index contributed by atoms with van der Waals surface area (Å²) in [6.45, 7) is 5.10. The molecule has 4 heteroatoms. The fourth-order valence-corrected chi connectivity index (χ4v) is 3.12. The molecule has 1 aromatic rings. The summed E-state index contributed by atoms with van der Waals surface area (Å²) in [7, 11) is 0. The molecule has 0 radical (unpaired) electrons. The lowest BCUT2D eigenvalue weighted by Gasteiger charge is -2.17. The lowest BCUT2D eigenvalue weighted by molar-refractivity contribution is -0.142. The molecule has 0 aliphatic carbocycles. The Morgan fingerprint density at radius 2 is 1.58 bits per heavy atom. The number of anilines is 1. The van der Waals surface area contributed by atoms with Crippen molar-refractivity contribution in [2.75, 3.05) is 25.0 Å². The highest BCUT2D eigenvalue weighted by atomic mass is 16.4. The first-order valence-electron chi connectivity index (χ1n) is 10.5. The van der Waals surface area contributed by atoms with Crippen LogP contribution in [0.2, 0.25) is 0 Å². The van der Waals surface area contributed by atoms with Gasteiger partial charge in [-0.05, 0) is 44.5 Å². The van der Waals surface area contributed by atoms with Crippen LogP contribution in [0.25, 0.3) is 0 Å². The van der Waals surface area contributed by atoms with Gasteiger partial charge in [0, 0.05) is 12.2 Å². The smallest absolute Gasteiger partial charge is 0.306 e. The van der Waals surface area contributed by atoms with E-state index in [1.807, 2.05) is 0 Å². The van der Waals surface area contributed by atoms with Crippen molar-refractivity contribution in [1.82, 2.24) is 5.32 Å². The van der Waals surface area contributed by atoms with Crippen LogP contribution in [0, 0.1) is 5.92 Å². The summed E-state index contributed by atoms with van der Waals surface area (Å²) in [5, 5.41) is 15.1. The molecule has 3 N–H and O–H groups in total. The SMILES string of the molecule is CCCCCCCCCCNc1ccccc1.O=C(O)C1CCNCC1. The van der Waals surface area contributed by atoms with Gasteiger partial charge in [-0.3, -0.25) is 4.79 Å². The van der Waals surface area contributed by atoms with Crippen LogP contribution in [0.15, 0.2) is 30.3 Å². The number of hydrogen-bond acceptors (Lipinski definition) is 3. The molecule has 26 heavy (non-hydrogen) atoms. The van der Waals surface area contributed by atoms with Crippen molar-refractivity contribution >= 4 is 11.7 Å². The molecule has 1 aliphatic heterocycles. The maximum Gasteiger partial charge on any atom is 0.306 e. The van der Waals surface area contributed by atoms with Crippen LogP contribution >= 0.6 is 0 Å². The molecule has 1 aromatic carbocycles. The maximum atomic E-state index is 10.3. The summed E-state index contributed by atoms with van der Waals surface area (Å²) < 4.78 is 0. The van der Waals surface area contributed by atoms with E-state index >= 15 is 0 Å².